The SMILES string of the molecule is COc1ccc(-c2nc(C)c(C(=O)N3CCCC(c4nccs4)C3)s2)cc1OC. The molecule has 0 N–H and O–H groups in total. The Morgan fingerprint density at radius 2 is 2.07 bits per heavy atom. The third-order valence-corrected chi connectivity index (χ3v) is 7.26. The number of amides is 1. The summed E-state index contributed by atoms with van der Waals surface area (Å²) >= 11 is 3.10. The highest BCUT2D eigenvalue weighted by Crippen LogP contribution is 2.36. The van der Waals surface area contributed by atoms with Crippen molar-refractivity contribution in [3.05, 3.63) is 45.4 Å². The first kappa shape index (κ1) is 19.8. The summed E-state index contributed by atoms with van der Waals surface area (Å²) in [7, 11) is 3.22. The molecular weight excluding hydrogens is 406 g/mol. The van der Waals surface area contributed by atoms with Crippen LogP contribution < -0.4 is 9.47 Å². The number of hydrogen-bond acceptors (Lipinski definition) is 7. The molecule has 1 aliphatic rings. The predicted octanol–water partition coefficient (Wildman–Crippen LogP) is 4.61. The molecule has 1 fully saturated rings. The zero-order valence-corrected chi connectivity index (χ0v) is 18.3. The number of hydrogen-bond donors (Lipinski definition) is 0. The van der Waals surface area contributed by atoms with Gasteiger partial charge < -0.3 is 14.4 Å². The highest BCUT2D eigenvalue weighted by molar-refractivity contribution is 7.17. The van der Waals surface area contributed by atoms with Crippen LogP contribution in [0.5, 0.6) is 11.5 Å². The fraction of sp³-hybridized carbons (Fsp3) is 0.381. The van der Waals surface area contributed by atoms with Gasteiger partial charge in [-0.3, -0.25) is 4.79 Å². The highest BCUT2D eigenvalue weighted by Gasteiger charge is 2.29. The number of methoxy groups -OCH3 is 2. The molecule has 1 amide bonds. The van der Waals surface area contributed by atoms with Gasteiger partial charge in [-0.05, 0) is 38.0 Å². The molecule has 0 aliphatic carbocycles. The van der Waals surface area contributed by atoms with Crippen LogP contribution in [-0.4, -0.2) is 48.1 Å². The van der Waals surface area contributed by atoms with Gasteiger partial charge >= 0.3 is 0 Å². The number of thiazole rings is 2. The van der Waals surface area contributed by atoms with E-state index in [9.17, 15) is 4.79 Å². The minimum atomic E-state index is 0.0629. The highest BCUT2D eigenvalue weighted by atomic mass is 32.1. The summed E-state index contributed by atoms with van der Waals surface area (Å²) in [4.78, 5) is 25.0. The van der Waals surface area contributed by atoms with Crippen molar-refractivity contribution in [2.24, 2.45) is 0 Å². The van der Waals surface area contributed by atoms with Gasteiger partial charge in [0.05, 0.1) is 24.9 Å². The minimum Gasteiger partial charge on any atom is -0.493 e. The second-order valence-corrected chi connectivity index (χ2v) is 8.89. The smallest absolute Gasteiger partial charge is 0.265 e. The van der Waals surface area contributed by atoms with E-state index in [1.807, 2.05) is 41.6 Å². The van der Waals surface area contributed by atoms with Crippen molar-refractivity contribution in [1.82, 2.24) is 14.9 Å². The van der Waals surface area contributed by atoms with E-state index in [2.05, 4.69) is 9.97 Å². The average Bonchev–Trinajstić information content (AvgIpc) is 3.43. The van der Waals surface area contributed by atoms with Gasteiger partial charge in [0, 0.05) is 36.1 Å². The second-order valence-electron chi connectivity index (χ2n) is 6.96. The van der Waals surface area contributed by atoms with Crippen LogP contribution in [0.15, 0.2) is 29.8 Å². The van der Waals surface area contributed by atoms with E-state index in [4.69, 9.17) is 9.47 Å². The van der Waals surface area contributed by atoms with Crippen LogP contribution in [-0.2, 0) is 0 Å². The molecule has 152 valence electrons. The molecule has 1 aliphatic heterocycles. The topological polar surface area (TPSA) is 64.5 Å². The molecule has 8 heteroatoms. The molecule has 4 rings (SSSR count). The van der Waals surface area contributed by atoms with E-state index in [1.165, 1.54) is 11.3 Å². The van der Waals surface area contributed by atoms with Crippen LogP contribution in [0.1, 0.15) is 39.1 Å². The standard InChI is InChI=1S/C21H23N3O3S2/c1-13-18(21(25)24-9-4-5-15(12-24)19-22-8-10-28-19)29-20(23-13)14-6-7-16(26-2)17(11-14)27-3/h6-8,10-11,15H,4-5,9,12H2,1-3H3. The Bertz CT molecular complexity index is 1000. The number of ether oxygens (including phenoxy) is 2. The van der Waals surface area contributed by atoms with Crippen LogP contribution >= 0.6 is 22.7 Å². The number of aromatic nitrogens is 2. The Morgan fingerprint density at radius 3 is 2.79 bits per heavy atom. The summed E-state index contributed by atoms with van der Waals surface area (Å²) in [6, 6.07) is 5.69. The zero-order valence-electron chi connectivity index (χ0n) is 16.7. The molecule has 2 aromatic heterocycles. The fourth-order valence-electron chi connectivity index (χ4n) is 3.63. The van der Waals surface area contributed by atoms with E-state index in [0.717, 1.165) is 47.2 Å². The number of likely N-dealkylation sites (tertiary alicyclic amines) is 1. The fourth-order valence-corrected chi connectivity index (χ4v) is 5.43. The van der Waals surface area contributed by atoms with Crippen LogP contribution in [0.3, 0.4) is 0 Å². The molecule has 3 aromatic rings. The monoisotopic (exact) mass is 429 g/mol. The lowest BCUT2D eigenvalue weighted by molar-refractivity contribution is 0.0711. The van der Waals surface area contributed by atoms with Gasteiger partial charge in [0.25, 0.3) is 5.91 Å². The molecule has 3 heterocycles. The summed E-state index contributed by atoms with van der Waals surface area (Å²) in [5.41, 5.74) is 1.68. The lowest BCUT2D eigenvalue weighted by Crippen LogP contribution is -2.39. The van der Waals surface area contributed by atoms with Gasteiger partial charge in [0.2, 0.25) is 0 Å². The predicted molar refractivity (Wildman–Crippen MR) is 115 cm³/mol. The third kappa shape index (κ3) is 4.00. The number of nitrogens with zero attached hydrogens (tertiary/aromatic N) is 3. The van der Waals surface area contributed by atoms with Crippen molar-refractivity contribution >= 4 is 28.6 Å². The van der Waals surface area contributed by atoms with Crippen LogP contribution in [0.2, 0.25) is 0 Å². The number of carbonyl (C=O) groups excluding carboxylic acids is 1. The largest absolute Gasteiger partial charge is 0.493 e. The zero-order chi connectivity index (χ0) is 20.4. The third-order valence-electron chi connectivity index (χ3n) is 5.13. The molecule has 1 aromatic carbocycles. The van der Waals surface area contributed by atoms with Crippen LogP contribution in [0.25, 0.3) is 10.6 Å². The first-order valence-corrected chi connectivity index (χ1v) is 11.2. The molecule has 29 heavy (non-hydrogen) atoms. The van der Waals surface area contributed by atoms with Crippen molar-refractivity contribution in [2.75, 3.05) is 27.3 Å². The lowest BCUT2D eigenvalue weighted by atomic mass is 9.98. The summed E-state index contributed by atoms with van der Waals surface area (Å²) in [5, 5.41) is 3.92. The van der Waals surface area contributed by atoms with Crippen molar-refractivity contribution in [1.29, 1.82) is 0 Å². The maximum Gasteiger partial charge on any atom is 0.265 e. The number of benzene rings is 1. The lowest BCUT2D eigenvalue weighted by Gasteiger charge is -2.31. The first-order valence-electron chi connectivity index (χ1n) is 9.49. The molecular formula is C21H23N3O3S2. The molecule has 1 unspecified atom stereocenters. The number of carbonyl (C=O) groups is 1. The average molecular weight is 430 g/mol. The number of aryl methyl sites for hydroxylation is 1. The Morgan fingerprint density at radius 1 is 1.24 bits per heavy atom. The summed E-state index contributed by atoms with van der Waals surface area (Å²) in [6.45, 7) is 3.40. The van der Waals surface area contributed by atoms with E-state index < -0.39 is 0 Å². The van der Waals surface area contributed by atoms with Crippen LogP contribution in [0, 0.1) is 6.92 Å². The van der Waals surface area contributed by atoms with E-state index >= 15 is 0 Å². The number of rotatable bonds is 5. The molecule has 1 saturated heterocycles. The molecule has 0 spiro atoms. The Labute approximate surface area is 178 Å². The molecule has 1 atom stereocenters. The molecule has 0 bridgehead atoms. The Kier molecular flexibility index (Phi) is 5.82. The summed E-state index contributed by atoms with van der Waals surface area (Å²) in [6.07, 6.45) is 3.91. The van der Waals surface area contributed by atoms with E-state index in [1.54, 1.807) is 25.6 Å². The van der Waals surface area contributed by atoms with E-state index in [-0.39, 0.29) is 5.91 Å². The summed E-state index contributed by atoms with van der Waals surface area (Å²) in [5.74, 6) is 1.70. The maximum absolute atomic E-state index is 13.2. The Balaban J connectivity index is 1.57. The van der Waals surface area contributed by atoms with Gasteiger partial charge in [-0.15, -0.1) is 22.7 Å². The van der Waals surface area contributed by atoms with Crippen molar-refractivity contribution in [2.45, 2.75) is 25.7 Å². The van der Waals surface area contributed by atoms with Crippen molar-refractivity contribution in [3.63, 3.8) is 0 Å². The van der Waals surface area contributed by atoms with Gasteiger partial charge in [-0.25, -0.2) is 9.97 Å². The van der Waals surface area contributed by atoms with Gasteiger partial charge in [-0.1, -0.05) is 0 Å². The van der Waals surface area contributed by atoms with Crippen molar-refractivity contribution in [3.8, 4) is 22.1 Å². The van der Waals surface area contributed by atoms with E-state index in [0.29, 0.717) is 22.3 Å². The molecule has 0 radical (unpaired) electrons. The molecule has 0 saturated carbocycles. The van der Waals surface area contributed by atoms with Gasteiger partial charge in [0.15, 0.2) is 11.5 Å². The maximum atomic E-state index is 13.2. The van der Waals surface area contributed by atoms with Crippen molar-refractivity contribution < 1.29 is 14.3 Å². The van der Waals surface area contributed by atoms with Gasteiger partial charge in [-0.2, -0.15) is 0 Å². The quantitative estimate of drug-likeness (QED) is 0.592. The summed E-state index contributed by atoms with van der Waals surface area (Å²) < 4.78 is 10.7. The second kappa shape index (κ2) is 8.51. The molecule has 6 nitrogen and oxygen atoms in total. The normalized spacial score (nSPS) is 16.7. The Hall–Kier alpha value is -2.45. The van der Waals surface area contributed by atoms with Crippen LogP contribution in [0.4, 0.5) is 0 Å². The first-order chi connectivity index (χ1) is 14.1. The van der Waals surface area contributed by atoms with Gasteiger partial charge in [0.1, 0.15) is 9.88 Å². The number of piperidine rings is 1. The minimum absolute atomic E-state index is 0.0629.